The molecule has 0 saturated carbocycles. The highest BCUT2D eigenvalue weighted by atomic mass is 32.1. The molecule has 0 bridgehead atoms. The van der Waals surface area contributed by atoms with E-state index in [1.54, 1.807) is 0 Å². The zero-order valence-electron chi connectivity index (χ0n) is 14.0. The molecule has 0 N–H and O–H groups in total. The summed E-state index contributed by atoms with van der Waals surface area (Å²) in [4.78, 5) is 25.8. The Balaban J connectivity index is 2.10. The number of rotatable bonds is 10. The van der Waals surface area contributed by atoms with E-state index in [9.17, 15) is 9.59 Å². The Bertz CT molecular complexity index is 471. The minimum absolute atomic E-state index is 0.113. The third-order valence-corrected chi connectivity index (χ3v) is 5.68. The topological polar surface area (TPSA) is 34.1 Å². The maximum atomic E-state index is 12.9. The van der Waals surface area contributed by atoms with E-state index in [4.69, 9.17) is 0 Å². The van der Waals surface area contributed by atoms with Crippen molar-refractivity contribution in [3.8, 4) is 0 Å². The number of hydrogen-bond donors (Lipinski definition) is 0. The highest BCUT2D eigenvalue weighted by Crippen LogP contribution is 2.45. The number of fused-ring (bicyclic) bond motifs is 1. The van der Waals surface area contributed by atoms with Crippen LogP contribution in [0.15, 0.2) is 10.8 Å². The smallest absolute Gasteiger partial charge is 0.178 e. The van der Waals surface area contributed by atoms with E-state index in [0.29, 0.717) is 11.1 Å². The fourth-order valence-electron chi connectivity index (χ4n) is 3.55. The van der Waals surface area contributed by atoms with Gasteiger partial charge in [-0.1, -0.05) is 65.2 Å². The molecular weight excluding hydrogens is 292 g/mol. The highest BCUT2D eigenvalue weighted by Gasteiger charge is 2.51. The lowest BCUT2D eigenvalue weighted by molar-refractivity contribution is 0.0656. The van der Waals surface area contributed by atoms with Gasteiger partial charge in [-0.05, 0) is 12.8 Å². The number of thiophene rings is 1. The Labute approximate surface area is 138 Å². The zero-order valence-corrected chi connectivity index (χ0v) is 14.8. The molecule has 2 rings (SSSR count). The summed E-state index contributed by atoms with van der Waals surface area (Å²) in [5.74, 6) is 0.225. The summed E-state index contributed by atoms with van der Waals surface area (Å²) < 4.78 is 0. The predicted molar refractivity (Wildman–Crippen MR) is 92.9 cm³/mol. The average Bonchev–Trinajstić information content (AvgIpc) is 3.07. The van der Waals surface area contributed by atoms with E-state index < -0.39 is 5.41 Å². The van der Waals surface area contributed by atoms with Crippen LogP contribution >= 0.6 is 11.3 Å². The summed E-state index contributed by atoms with van der Waals surface area (Å²) in [7, 11) is 0. The first kappa shape index (κ1) is 17.4. The second-order valence-corrected chi connectivity index (χ2v) is 7.30. The SMILES string of the molecule is CCCCCCC1(CCCCCC)C(=O)c2cscc2C1=O. The van der Waals surface area contributed by atoms with Gasteiger partial charge in [0.2, 0.25) is 0 Å². The van der Waals surface area contributed by atoms with Gasteiger partial charge in [0.25, 0.3) is 0 Å². The number of unbranched alkanes of at least 4 members (excludes halogenated alkanes) is 6. The summed E-state index contributed by atoms with van der Waals surface area (Å²) in [5, 5.41) is 3.74. The molecule has 0 spiro atoms. The molecule has 0 aliphatic heterocycles. The van der Waals surface area contributed by atoms with Crippen molar-refractivity contribution >= 4 is 22.9 Å². The van der Waals surface area contributed by atoms with Gasteiger partial charge in [-0.15, -0.1) is 0 Å². The van der Waals surface area contributed by atoms with Crippen molar-refractivity contribution in [2.24, 2.45) is 5.41 Å². The van der Waals surface area contributed by atoms with Crippen molar-refractivity contribution in [3.63, 3.8) is 0 Å². The van der Waals surface area contributed by atoms with Gasteiger partial charge >= 0.3 is 0 Å². The minimum Gasteiger partial charge on any atom is -0.293 e. The normalized spacial score (nSPS) is 16.3. The van der Waals surface area contributed by atoms with Crippen LogP contribution in [0.25, 0.3) is 0 Å². The fourth-order valence-corrected chi connectivity index (χ4v) is 4.36. The van der Waals surface area contributed by atoms with Crippen LogP contribution in [0.4, 0.5) is 0 Å². The van der Waals surface area contributed by atoms with Crippen molar-refractivity contribution in [2.75, 3.05) is 0 Å². The van der Waals surface area contributed by atoms with Crippen molar-refractivity contribution in [1.82, 2.24) is 0 Å². The van der Waals surface area contributed by atoms with Crippen LogP contribution in [-0.2, 0) is 0 Å². The lowest BCUT2D eigenvalue weighted by atomic mass is 9.74. The van der Waals surface area contributed by atoms with Crippen LogP contribution in [0.5, 0.6) is 0 Å². The van der Waals surface area contributed by atoms with Gasteiger partial charge in [0.1, 0.15) is 0 Å². The molecule has 0 radical (unpaired) electrons. The Kier molecular flexibility index (Phi) is 6.37. The minimum atomic E-state index is -0.722. The standard InChI is InChI=1S/C19H28O2S/c1-3-5-7-9-11-19(12-10-8-6-4-2)17(20)15-13-22-14-16(15)18(19)21/h13-14H,3-12H2,1-2H3. The summed E-state index contributed by atoms with van der Waals surface area (Å²) in [6, 6.07) is 0. The van der Waals surface area contributed by atoms with E-state index in [1.165, 1.54) is 37.0 Å². The molecule has 0 atom stereocenters. The van der Waals surface area contributed by atoms with Crippen LogP contribution < -0.4 is 0 Å². The van der Waals surface area contributed by atoms with Crippen molar-refractivity contribution < 1.29 is 9.59 Å². The summed E-state index contributed by atoms with van der Waals surface area (Å²) in [5.41, 5.74) is 0.669. The van der Waals surface area contributed by atoms with E-state index in [-0.39, 0.29) is 11.6 Å². The van der Waals surface area contributed by atoms with Crippen LogP contribution in [0.1, 0.15) is 98.8 Å². The maximum Gasteiger partial charge on any atom is 0.178 e. The van der Waals surface area contributed by atoms with Gasteiger partial charge in [0.15, 0.2) is 11.6 Å². The first-order chi connectivity index (χ1) is 10.7. The number of Topliss-reactive ketones (excluding diaryl/α,β-unsaturated/α-hetero) is 2. The van der Waals surface area contributed by atoms with Crippen LogP contribution in [0.2, 0.25) is 0 Å². The third-order valence-electron chi connectivity index (χ3n) is 4.93. The maximum absolute atomic E-state index is 12.9. The molecule has 0 amide bonds. The molecule has 0 unspecified atom stereocenters. The lowest BCUT2D eigenvalue weighted by Gasteiger charge is -2.26. The Morgan fingerprint density at radius 1 is 0.773 bits per heavy atom. The molecule has 1 heterocycles. The van der Waals surface area contributed by atoms with Crippen molar-refractivity contribution in [3.05, 3.63) is 21.9 Å². The molecule has 1 aromatic rings. The van der Waals surface area contributed by atoms with E-state index in [0.717, 1.165) is 38.5 Å². The quantitative estimate of drug-likeness (QED) is 0.388. The summed E-state index contributed by atoms with van der Waals surface area (Å²) in [6.07, 6.45) is 10.5. The molecule has 3 heteroatoms. The van der Waals surface area contributed by atoms with Crippen molar-refractivity contribution in [1.29, 1.82) is 0 Å². The first-order valence-electron chi connectivity index (χ1n) is 8.83. The number of carbonyl (C=O) groups is 2. The molecule has 2 nitrogen and oxygen atoms in total. The van der Waals surface area contributed by atoms with Gasteiger partial charge in [-0.25, -0.2) is 0 Å². The molecule has 1 aromatic heterocycles. The average molecular weight is 320 g/mol. The number of hydrogen-bond acceptors (Lipinski definition) is 3. The molecule has 22 heavy (non-hydrogen) atoms. The van der Waals surface area contributed by atoms with E-state index >= 15 is 0 Å². The van der Waals surface area contributed by atoms with Gasteiger partial charge in [-0.2, -0.15) is 11.3 Å². The summed E-state index contributed by atoms with van der Waals surface area (Å²) >= 11 is 1.47. The molecule has 0 fully saturated rings. The second kappa shape index (κ2) is 8.05. The van der Waals surface area contributed by atoms with Crippen LogP contribution in [0, 0.1) is 5.41 Å². The third kappa shape index (κ3) is 3.34. The van der Waals surface area contributed by atoms with Crippen LogP contribution in [0.3, 0.4) is 0 Å². The Hall–Kier alpha value is -0.960. The Morgan fingerprint density at radius 2 is 1.23 bits per heavy atom. The molecule has 1 aliphatic rings. The van der Waals surface area contributed by atoms with Gasteiger partial charge in [0, 0.05) is 21.9 Å². The largest absolute Gasteiger partial charge is 0.293 e. The van der Waals surface area contributed by atoms with Gasteiger partial charge < -0.3 is 0 Å². The zero-order chi connectivity index (χ0) is 16.0. The second-order valence-electron chi connectivity index (χ2n) is 6.56. The molecule has 122 valence electrons. The van der Waals surface area contributed by atoms with E-state index in [2.05, 4.69) is 13.8 Å². The molecule has 0 aromatic carbocycles. The monoisotopic (exact) mass is 320 g/mol. The highest BCUT2D eigenvalue weighted by molar-refractivity contribution is 7.08. The van der Waals surface area contributed by atoms with E-state index in [1.807, 2.05) is 10.8 Å². The summed E-state index contributed by atoms with van der Waals surface area (Å²) in [6.45, 7) is 4.37. The molecule has 1 aliphatic carbocycles. The first-order valence-corrected chi connectivity index (χ1v) is 9.77. The number of carbonyl (C=O) groups excluding carboxylic acids is 2. The van der Waals surface area contributed by atoms with Gasteiger partial charge in [0.05, 0.1) is 5.41 Å². The van der Waals surface area contributed by atoms with Crippen molar-refractivity contribution in [2.45, 2.75) is 78.1 Å². The predicted octanol–water partition coefficient (Wildman–Crippen LogP) is 6.05. The molecular formula is C19H28O2S. The molecule has 0 saturated heterocycles. The van der Waals surface area contributed by atoms with Crippen LogP contribution in [-0.4, -0.2) is 11.6 Å². The van der Waals surface area contributed by atoms with Gasteiger partial charge in [-0.3, -0.25) is 9.59 Å². The Morgan fingerprint density at radius 3 is 1.64 bits per heavy atom. The lowest BCUT2D eigenvalue weighted by Crippen LogP contribution is -2.33. The fraction of sp³-hybridized carbons (Fsp3) is 0.684. The number of ketones is 2.